The maximum absolute atomic E-state index is 10.8. The molecular formula is C9H14N4O2. The molecule has 0 aliphatic heterocycles. The minimum absolute atomic E-state index is 0.0119. The van der Waals surface area contributed by atoms with Crippen LogP contribution < -0.4 is 11.1 Å². The van der Waals surface area contributed by atoms with E-state index in [-0.39, 0.29) is 17.5 Å². The maximum Gasteiger partial charge on any atom is 0.314 e. The van der Waals surface area contributed by atoms with Crippen LogP contribution in [0, 0.1) is 17.0 Å². The zero-order valence-corrected chi connectivity index (χ0v) is 8.73. The summed E-state index contributed by atoms with van der Waals surface area (Å²) in [6.45, 7) is 3.92. The minimum Gasteiger partial charge on any atom is -0.361 e. The third-order valence-corrected chi connectivity index (χ3v) is 2.05. The van der Waals surface area contributed by atoms with Gasteiger partial charge in [-0.05, 0) is 19.9 Å². The smallest absolute Gasteiger partial charge is 0.314 e. The summed E-state index contributed by atoms with van der Waals surface area (Å²) in [7, 11) is 0. The van der Waals surface area contributed by atoms with Crippen molar-refractivity contribution in [2.45, 2.75) is 19.9 Å². The molecular weight excluding hydrogens is 196 g/mol. The van der Waals surface area contributed by atoms with E-state index in [1.54, 1.807) is 13.0 Å². The molecule has 0 aromatic carbocycles. The fourth-order valence-electron chi connectivity index (χ4n) is 1.18. The Balaban J connectivity index is 3.06. The van der Waals surface area contributed by atoms with Gasteiger partial charge in [0.25, 0.3) is 0 Å². The lowest BCUT2D eigenvalue weighted by atomic mass is 10.2. The Bertz CT molecular complexity index is 367. The molecule has 82 valence electrons. The number of nitrogens with zero attached hydrogens (tertiary/aromatic N) is 2. The number of nitrogens with one attached hydrogen (secondary N) is 1. The van der Waals surface area contributed by atoms with Crippen LogP contribution in [0.15, 0.2) is 12.3 Å². The summed E-state index contributed by atoms with van der Waals surface area (Å²) >= 11 is 0. The van der Waals surface area contributed by atoms with Gasteiger partial charge in [0.05, 0.1) is 4.92 Å². The van der Waals surface area contributed by atoms with E-state index in [0.717, 1.165) is 0 Å². The monoisotopic (exact) mass is 210 g/mol. The molecule has 0 aliphatic rings. The van der Waals surface area contributed by atoms with Crippen LogP contribution in [0.3, 0.4) is 0 Å². The molecule has 0 saturated carbocycles. The van der Waals surface area contributed by atoms with Crippen LogP contribution in [0.4, 0.5) is 11.5 Å². The second-order valence-electron chi connectivity index (χ2n) is 3.36. The quantitative estimate of drug-likeness (QED) is 0.572. The number of aromatic nitrogens is 1. The van der Waals surface area contributed by atoms with E-state index in [1.165, 1.54) is 6.20 Å². The first-order chi connectivity index (χ1) is 7.06. The highest BCUT2D eigenvalue weighted by Gasteiger charge is 2.19. The van der Waals surface area contributed by atoms with E-state index in [1.807, 2.05) is 6.92 Å². The van der Waals surface area contributed by atoms with E-state index >= 15 is 0 Å². The number of aryl methyl sites for hydroxylation is 1. The predicted octanol–water partition coefficient (Wildman–Crippen LogP) is 1.06. The van der Waals surface area contributed by atoms with Crippen molar-refractivity contribution in [2.24, 2.45) is 5.73 Å². The van der Waals surface area contributed by atoms with Crippen LogP contribution in [-0.4, -0.2) is 22.5 Å². The van der Waals surface area contributed by atoms with Gasteiger partial charge in [-0.15, -0.1) is 0 Å². The second kappa shape index (κ2) is 4.70. The van der Waals surface area contributed by atoms with Gasteiger partial charge in [0, 0.05) is 24.3 Å². The molecule has 1 aromatic rings. The Hall–Kier alpha value is -1.69. The van der Waals surface area contributed by atoms with Crippen molar-refractivity contribution in [1.82, 2.24) is 4.98 Å². The van der Waals surface area contributed by atoms with Crippen LogP contribution in [0.25, 0.3) is 0 Å². The predicted molar refractivity (Wildman–Crippen MR) is 57.8 cm³/mol. The van der Waals surface area contributed by atoms with Crippen molar-refractivity contribution >= 4 is 11.5 Å². The average Bonchev–Trinajstić information content (AvgIpc) is 2.17. The van der Waals surface area contributed by atoms with Gasteiger partial charge < -0.3 is 11.1 Å². The summed E-state index contributed by atoms with van der Waals surface area (Å²) in [5, 5.41) is 13.7. The summed E-state index contributed by atoms with van der Waals surface area (Å²) in [6, 6.07) is 1.56. The van der Waals surface area contributed by atoms with Crippen LogP contribution in [0.5, 0.6) is 0 Å². The Labute approximate surface area is 87.7 Å². The zero-order chi connectivity index (χ0) is 11.4. The molecule has 6 nitrogen and oxygen atoms in total. The first-order valence-electron chi connectivity index (χ1n) is 4.63. The van der Waals surface area contributed by atoms with Crippen LogP contribution in [0.2, 0.25) is 0 Å². The molecule has 1 atom stereocenters. The van der Waals surface area contributed by atoms with E-state index in [4.69, 9.17) is 5.73 Å². The molecule has 0 saturated heterocycles. The lowest BCUT2D eigenvalue weighted by molar-refractivity contribution is -0.384. The molecule has 1 aromatic heterocycles. The van der Waals surface area contributed by atoms with Crippen molar-refractivity contribution in [3.8, 4) is 0 Å². The Morgan fingerprint density at radius 3 is 2.93 bits per heavy atom. The zero-order valence-electron chi connectivity index (χ0n) is 8.73. The van der Waals surface area contributed by atoms with E-state index in [0.29, 0.717) is 12.1 Å². The number of nitrogens with two attached hydrogens (primary N) is 1. The number of pyridine rings is 1. The van der Waals surface area contributed by atoms with Gasteiger partial charge in [-0.1, -0.05) is 0 Å². The van der Waals surface area contributed by atoms with Gasteiger partial charge in [-0.25, -0.2) is 4.98 Å². The largest absolute Gasteiger partial charge is 0.361 e. The van der Waals surface area contributed by atoms with Crippen molar-refractivity contribution in [1.29, 1.82) is 0 Å². The standard InChI is InChI=1S/C9H14N4O2/c1-6-3-4-11-9(8(6)13(14)15)12-7(2)5-10/h3-4,7H,5,10H2,1-2H3,(H,11,12). The van der Waals surface area contributed by atoms with Crippen molar-refractivity contribution in [2.75, 3.05) is 11.9 Å². The van der Waals surface area contributed by atoms with Crippen LogP contribution in [-0.2, 0) is 0 Å². The number of hydrogen-bond acceptors (Lipinski definition) is 5. The third kappa shape index (κ3) is 2.63. The van der Waals surface area contributed by atoms with Gasteiger partial charge >= 0.3 is 5.69 Å². The fraction of sp³-hybridized carbons (Fsp3) is 0.444. The molecule has 0 amide bonds. The van der Waals surface area contributed by atoms with Crippen LogP contribution >= 0.6 is 0 Å². The molecule has 1 rings (SSSR count). The van der Waals surface area contributed by atoms with Gasteiger partial charge in [0.1, 0.15) is 0 Å². The molecule has 3 N–H and O–H groups in total. The van der Waals surface area contributed by atoms with Gasteiger partial charge in [-0.3, -0.25) is 10.1 Å². The molecule has 1 heterocycles. The van der Waals surface area contributed by atoms with Crippen molar-refractivity contribution in [3.63, 3.8) is 0 Å². The fourth-order valence-corrected chi connectivity index (χ4v) is 1.18. The molecule has 0 bridgehead atoms. The normalized spacial score (nSPS) is 12.2. The summed E-state index contributed by atoms with van der Waals surface area (Å²) < 4.78 is 0. The Kier molecular flexibility index (Phi) is 3.56. The highest BCUT2D eigenvalue weighted by atomic mass is 16.6. The molecule has 6 heteroatoms. The van der Waals surface area contributed by atoms with Gasteiger partial charge in [0.15, 0.2) is 0 Å². The maximum atomic E-state index is 10.8. The number of hydrogen-bond donors (Lipinski definition) is 2. The number of nitro groups is 1. The lowest BCUT2D eigenvalue weighted by Gasteiger charge is -2.12. The Morgan fingerprint density at radius 1 is 1.73 bits per heavy atom. The SMILES string of the molecule is Cc1ccnc(NC(C)CN)c1[N+](=O)[O-]. The topological polar surface area (TPSA) is 94.1 Å². The highest BCUT2D eigenvalue weighted by Crippen LogP contribution is 2.25. The highest BCUT2D eigenvalue weighted by molar-refractivity contribution is 5.60. The second-order valence-corrected chi connectivity index (χ2v) is 3.36. The van der Waals surface area contributed by atoms with Gasteiger partial charge in [0.2, 0.25) is 5.82 Å². The average molecular weight is 210 g/mol. The molecule has 0 fully saturated rings. The summed E-state index contributed by atoms with van der Waals surface area (Å²) in [6.07, 6.45) is 1.54. The van der Waals surface area contributed by atoms with Gasteiger partial charge in [-0.2, -0.15) is 0 Å². The minimum atomic E-state index is -0.437. The first kappa shape index (κ1) is 11.4. The van der Waals surface area contributed by atoms with E-state index < -0.39 is 4.92 Å². The third-order valence-electron chi connectivity index (χ3n) is 2.05. The Morgan fingerprint density at radius 2 is 2.40 bits per heavy atom. The van der Waals surface area contributed by atoms with Crippen molar-refractivity contribution in [3.05, 3.63) is 27.9 Å². The first-order valence-corrected chi connectivity index (χ1v) is 4.63. The van der Waals surface area contributed by atoms with Crippen molar-refractivity contribution < 1.29 is 4.92 Å². The lowest BCUT2D eigenvalue weighted by Crippen LogP contribution is -2.26. The van der Waals surface area contributed by atoms with E-state index in [2.05, 4.69) is 10.3 Å². The molecule has 0 spiro atoms. The number of anilines is 1. The molecule has 0 radical (unpaired) electrons. The summed E-state index contributed by atoms with van der Waals surface area (Å²) in [5.74, 6) is 0.276. The van der Waals surface area contributed by atoms with Crippen LogP contribution in [0.1, 0.15) is 12.5 Å². The summed E-state index contributed by atoms with van der Waals surface area (Å²) in [5.41, 5.74) is 6.02. The molecule has 0 aliphatic carbocycles. The molecule has 15 heavy (non-hydrogen) atoms. The summed E-state index contributed by atoms with van der Waals surface area (Å²) in [4.78, 5) is 14.3. The molecule has 1 unspecified atom stereocenters. The number of rotatable bonds is 4. The van der Waals surface area contributed by atoms with E-state index in [9.17, 15) is 10.1 Å².